The summed E-state index contributed by atoms with van der Waals surface area (Å²) in [6.45, 7) is 2.97. The lowest BCUT2D eigenvalue weighted by Gasteiger charge is -2.33. The number of hydrogen-bond donors (Lipinski definition) is 1. The second-order valence-corrected chi connectivity index (χ2v) is 9.64. The molecule has 0 bridgehead atoms. The van der Waals surface area contributed by atoms with Crippen LogP contribution < -0.4 is 14.8 Å². The quantitative estimate of drug-likeness (QED) is 0.521. The molecule has 11 heteroatoms. The highest BCUT2D eigenvalue weighted by atomic mass is 19.4. The molecule has 2 aliphatic heterocycles. The molecule has 0 aliphatic carbocycles. The Morgan fingerprint density at radius 3 is 2.29 bits per heavy atom. The van der Waals surface area contributed by atoms with E-state index in [4.69, 9.17) is 9.47 Å². The summed E-state index contributed by atoms with van der Waals surface area (Å²) in [5, 5.41) is 7.53. The molecule has 2 aliphatic rings. The van der Waals surface area contributed by atoms with Crippen molar-refractivity contribution in [3.05, 3.63) is 59.7 Å². The van der Waals surface area contributed by atoms with Crippen molar-refractivity contribution in [1.82, 2.24) is 19.6 Å². The molecular weight excluding hydrogens is 499 g/mol. The van der Waals surface area contributed by atoms with Crippen LogP contribution in [0.1, 0.15) is 34.4 Å². The third kappa shape index (κ3) is 5.02. The zero-order valence-electron chi connectivity index (χ0n) is 21.5. The van der Waals surface area contributed by atoms with Gasteiger partial charge in [0.05, 0.1) is 26.0 Å². The molecule has 2 aromatic carbocycles. The molecule has 1 N–H and O–H groups in total. The van der Waals surface area contributed by atoms with Crippen molar-refractivity contribution in [1.29, 1.82) is 0 Å². The van der Waals surface area contributed by atoms with Crippen LogP contribution in [0, 0.1) is 0 Å². The van der Waals surface area contributed by atoms with Crippen LogP contribution in [-0.4, -0.2) is 79.1 Å². The van der Waals surface area contributed by atoms with E-state index in [2.05, 4.69) is 15.3 Å². The second-order valence-electron chi connectivity index (χ2n) is 9.64. The van der Waals surface area contributed by atoms with Crippen LogP contribution >= 0.6 is 0 Å². The monoisotopic (exact) mass is 529 g/mol. The Labute approximate surface area is 218 Å². The Bertz CT molecular complexity index is 1300. The van der Waals surface area contributed by atoms with Crippen LogP contribution in [0.25, 0.3) is 11.3 Å². The Kier molecular flexibility index (Phi) is 6.95. The molecule has 3 heterocycles. The largest absolute Gasteiger partial charge is 0.493 e. The lowest BCUT2D eigenvalue weighted by atomic mass is 9.96. The maximum Gasteiger partial charge on any atom is 0.410 e. The highest BCUT2D eigenvalue weighted by Gasteiger charge is 2.46. The fourth-order valence-corrected chi connectivity index (χ4v) is 4.98. The number of hydrogen-bond acceptors (Lipinski definition) is 6. The molecule has 0 spiro atoms. The van der Waals surface area contributed by atoms with E-state index in [9.17, 15) is 18.0 Å². The molecule has 1 fully saturated rings. The molecule has 8 nitrogen and oxygen atoms in total. The zero-order valence-corrected chi connectivity index (χ0v) is 21.5. The van der Waals surface area contributed by atoms with Crippen LogP contribution in [0.2, 0.25) is 0 Å². The molecule has 3 aromatic rings. The first-order chi connectivity index (χ1) is 18.2. The number of aromatic nitrogens is 2. The molecule has 2 atom stereocenters. The van der Waals surface area contributed by atoms with Crippen molar-refractivity contribution in [3.8, 4) is 22.8 Å². The third-order valence-corrected chi connectivity index (χ3v) is 7.22. The Morgan fingerprint density at radius 2 is 1.66 bits per heavy atom. The van der Waals surface area contributed by atoms with Crippen LogP contribution in [0.5, 0.6) is 11.5 Å². The average molecular weight is 530 g/mol. The Hall–Kier alpha value is -3.73. The van der Waals surface area contributed by atoms with Gasteiger partial charge in [-0.05, 0) is 36.9 Å². The van der Waals surface area contributed by atoms with Crippen molar-refractivity contribution in [2.24, 2.45) is 0 Å². The summed E-state index contributed by atoms with van der Waals surface area (Å²) in [6, 6.07) is 11.2. The van der Waals surface area contributed by atoms with E-state index in [0.29, 0.717) is 47.0 Å². The average Bonchev–Trinajstić information content (AvgIpc) is 3.36. The SMILES string of the molecule is COc1ccc(C2CC(C(F)(F)F)n3nc(-c4ccc(C(=O)N5CCN(C)CC5)cc4)cc3N2)cc1OC. The van der Waals surface area contributed by atoms with Crippen molar-refractivity contribution < 1.29 is 27.4 Å². The molecule has 0 radical (unpaired) electrons. The molecule has 1 saturated heterocycles. The number of likely N-dealkylation sites (N-methyl/N-ethyl adjacent to an activating group) is 1. The van der Waals surface area contributed by atoms with Crippen molar-refractivity contribution >= 4 is 11.7 Å². The number of piperazine rings is 1. The molecular formula is C27H30F3N5O3. The van der Waals surface area contributed by atoms with Crippen LogP contribution in [0.15, 0.2) is 48.5 Å². The molecule has 1 aromatic heterocycles. The van der Waals surface area contributed by atoms with E-state index in [0.717, 1.165) is 17.8 Å². The smallest absolute Gasteiger partial charge is 0.410 e. The van der Waals surface area contributed by atoms with Crippen LogP contribution in [0.4, 0.5) is 19.0 Å². The van der Waals surface area contributed by atoms with Gasteiger partial charge in [-0.25, -0.2) is 4.68 Å². The summed E-state index contributed by atoms with van der Waals surface area (Å²) in [4.78, 5) is 16.8. The van der Waals surface area contributed by atoms with Gasteiger partial charge in [0, 0.05) is 49.8 Å². The molecule has 38 heavy (non-hydrogen) atoms. The Morgan fingerprint density at radius 1 is 0.974 bits per heavy atom. The van der Waals surface area contributed by atoms with Gasteiger partial charge in [-0.3, -0.25) is 4.79 Å². The minimum Gasteiger partial charge on any atom is -0.493 e. The van der Waals surface area contributed by atoms with Gasteiger partial charge in [0.2, 0.25) is 0 Å². The number of rotatable bonds is 5. The number of nitrogens with one attached hydrogen (secondary N) is 1. The Balaban J connectivity index is 1.41. The number of fused-ring (bicyclic) bond motifs is 1. The number of carbonyl (C=O) groups is 1. The van der Waals surface area contributed by atoms with Gasteiger partial charge < -0.3 is 24.6 Å². The summed E-state index contributed by atoms with van der Waals surface area (Å²) in [5.41, 5.74) is 2.22. The number of nitrogens with zero attached hydrogens (tertiary/aromatic N) is 4. The van der Waals surface area contributed by atoms with Crippen LogP contribution in [0.3, 0.4) is 0 Å². The number of ether oxygens (including phenoxy) is 2. The van der Waals surface area contributed by atoms with Gasteiger partial charge in [-0.2, -0.15) is 18.3 Å². The molecule has 202 valence electrons. The fraction of sp³-hybridized carbons (Fsp3) is 0.407. The fourth-order valence-electron chi connectivity index (χ4n) is 4.98. The highest BCUT2D eigenvalue weighted by molar-refractivity contribution is 5.94. The second kappa shape index (κ2) is 10.2. The number of halogens is 3. The third-order valence-electron chi connectivity index (χ3n) is 7.22. The lowest BCUT2D eigenvalue weighted by molar-refractivity contribution is -0.173. The van der Waals surface area contributed by atoms with Gasteiger partial charge >= 0.3 is 6.18 Å². The van der Waals surface area contributed by atoms with Gasteiger partial charge in [0.15, 0.2) is 17.5 Å². The topological polar surface area (TPSA) is 71.9 Å². The summed E-state index contributed by atoms with van der Waals surface area (Å²) < 4.78 is 54.1. The number of methoxy groups -OCH3 is 2. The minimum atomic E-state index is -4.49. The van der Waals surface area contributed by atoms with E-state index in [1.807, 2.05) is 11.9 Å². The van der Waals surface area contributed by atoms with Crippen molar-refractivity contribution in [2.75, 3.05) is 52.8 Å². The first-order valence-electron chi connectivity index (χ1n) is 12.4. The minimum absolute atomic E-state index is 0.0506. The molecule has 5 rings (SSSR count). The lowest BCUT2D eigenvalue weighted by Crippen LogP contribution is -2.47. The summed E-state index contributed by atoms with van der Waals surface area (Å²) in [7, 11) is 5.01. The number of carbonyl (C=O) groups excluding carboxylic acids is 1. The van der Waals surface area contributed by atoms with E-state index in [-0.39, 0.29) is 18.1 Å². The molecule has 1 amide bonds. The summed E-state index contributed by atoms with van der Waals surface area (Å²) in [6.07, 6.45) is -4.72. The van der Waals surface area contributed by atoms with Crippen molar-refractivity contribution in [3.63, 3.8) is 0 Å². The first kappa shape index (κ1) is 25.9. The standard InChI is InChI=1S/C27H30F3N5O3/c1-33-10-12-34(13-11-33)26(36)18-6-4-17(5-7-18)21-16-25-31-20(15-24(27(28,29)30)35(25)32-21)19-8-9-22(37-2)23(14-19)38-3/h4-9,14,16,20,24,31H,10-13,15H2,1-3H3. The van der Waals surface area contributed by atoms with E-state index in [1.165, 1.54) is 14.2 Å². The van der Waals surface area contributed by atoms with E-state index < -0.39 is 18.3 Å². The van der Waals surface area contributed by atoms with Crippen LogP contribution in [-0.2, 0) is 0 Å². The molecule has 2 unspecified atom stereocenters. The predicted molar refractivity (Wildman–Crippen MR) is 137 cm³/mol. The maximum atomic E-state index is 14.1. The van der Waals surface area contributed by atoms with E-state index in [1.54, 1.807) is 48.5 Å². The number of alkyl halides is 3. The van der Waals surface area contributed by atoms with Crippen molar-refractivity contribution in [2.45, 2.75) is 24.7 Å². The number of benzene rings is 2. The first-order valence-corrected chi connectivity index (χ1v) is 12.4. The predicted octanol–water partition coefficient (Wildman–Crippen LogP) is 4.62. The summed E-state index contributed by atoms with van der Waals surface area (Å²) >= 11 is 0. The number of anilines is 1. The number of amides is 1. The normalized spacial score (nSPS) is 20.0. The summed E-state index contributed by atoms with van der Waals surface area (Å²) in [5.74, 6) is 1.17. The zero-order chi connectivity index (χ0) is 27.0. The van der Waals surface area contributed by atoms with Gasteiger partial charge in [-0.15, -0.1) is 0 Å². The van der Waals surface area contributed by atoms with Gasteiger partial charge in [0.1, 0.15) is 5.82 Å². The van der Waals surface area contributed by atoms with E-state index >= 15 is 0 Å². The molecule has 0 saturated carbocycles. The van der Waals surface area contributed by atoms with Gasteiger partial charge in [0.25, 0.3) is 5.91 Å². The highest BCUT2D eigenvalue weighted by Crippen LogP contribution is 2.45. The van der Waals surface area contributed by atoms with Gasteiger partial charge in [-0.1, -0.05) is 18.2 Å². The maximum absolute atomic E-state index is 14.1.